The fourth-order valence-corrected chi connectivity index (χ4v) is 2.76. The van der Waals surface area contributed by atoms with Crippen LogP contribution in [0.1, 0.15) is 33.1 Å². The van der Waals surface area contributed by atoms with Gasteiger partial charge in [0.25, 0.3) is 0 Å². The lowest BCUT2D eigenvalue weighted by Crippen LogP contribution is -2.44. The number of nitrogens with zero attached hydrogens (tertiary/aromatic N) is 1. The molecule has 0 aliphatic carbocycles. The highest BCUT2D eigenvalue weighted by Crippen LogP contribution is 2.19. The third-order valence-corrected chi connectivity index (χ3v) is 3.51. The SMILES string of the molecule is CC(C)CC1CN(C2CCNCC2)C(=O)N1. The van der Waals surface area contributed by atoms with Crippen LogP contribution in [0, 0.1) is 5.92 Å². The van der Waals surface area contributed by atoms with Gasteiger partial charge in [-0.25, -0.2) is 4.79 Å². The quantitative estimate of drug-likeness (QED) is 0.757. The molecule has 0 aromatic rings. The van der Waals surface area contributed by atoms with Crippen LogP contribution >= 0.6 is 0 Å². The third kappa shape index (κ3) is 2.67. The molecule has 0 aromatic carbocycles. The van der Waals surface area contributed by atoms with E-state index in [-0.39, 0.29) is 6.03 Å². The van der Waals surface area contributed by atoms with E-state index >= 15 is 0 Å². The first kappa shape index (κ1) is 11.7. The summed E-state index contributed by atoms with van der Waals surface area (Å²) in [6, 6.07) is 0.971. The van der Waals surface area contributed by atoms with E-state index in [0.29, 0.717) is 18.0 Å². The number of urea groups is 1. The summed E-state index contributed by atoms with van der Waals surface area (Å²) in [5.41, 5.74) is 0. The van der Waals surface area contributed by atoms with Gasteiger partial charge in [0.1, 0.15) is 0 Å². The highest BCUT2D eigenvalue weighted by Gasteiger charge is 2.34. The minimum absolute atomic E-state index is 0.151. The van der Waals surface area contributed by atoms with Crippen molar-refractivity contribution in [3.63, 3.8) is 0 Å². The normalized spacial score (nSPS) is 27.6. The van der Waals surface area contributed by atoms with Crippen molar-refractivity contribution in [2.24, 2.45) is 5.92 Å². The van der Waals surface area contributed by atoms with Gasteiger partial charge in [-0.1, -0.05) is 13.8 Å². The zero-order valence-electron chi connectivity index (χ0n) is 10.3. The van der Waals surface area contributed by atoms with Gasteiger partial charge in [-0.2, -0.15) is 0 Å². The molecule has 0 bridgehead atoms. The number of carbonyl (C=O) groups is 1. The van der Waals surface area contributed by atoms with Crippen LogP contribution in [0.25, 0.3) is 0 Å². The van der Waals surface area contributed by atoms with Crippen LogP contribution in [0.4, 0.5) is 4.79 Å². The number of carbonyl (C=O) groups excluding carboxylic acids is 1. The van der Waals surface area contributed by atoms with Crippen molar-refractivity contribution in [2.75, 3.05) is 19.6 Å². The van der Waals surface area contributed by atoms with E-state index in [1.165, 1.54) is 0 Å². The van der Waals surface area contributed by atoms with Crippen LogP contribution in [0.5, 0.6) is 0 Å². The van der Waals surface area contributed by atoms with Crippen molar-refractivity contribution < 1.29 is 4.79 Å². The van der Waals surface area contributed by atoms with E-state index in [9.17, 15) is 4.79 Å². The Labute approximate surface area is 97.8 Å². The predicted molar refractivity (Wildman–Crippen MR) is 64.4 cm³/mol. The molecule has 92 valence electrons. The number of amides is 2. The molecular formula is C12H23N3O. The highest BCUT2D eigenvalue weighted by atomic mass is 16.2. The minimum atomic E-state index is 0.151. The molecular weight excluding hydrogens is 202 g/mol. The molecule has 2 heterocycles. The smallest absolute Gasteiger partial charge is 0.317 e. The molecule has 4 heteroatoms. The molecule has 2 aliphatic rings. The maximum atomic E-state index is 11.9. The van der Waals surface area contributed by atoms with Crippen molar-refractivity contribution >= 4 is 6.03 Å². The number of rotatable bonds is 3. The van der Waals surface area contributed by atoms with Crippen LogP contribution in [0.3, 0.4) is 0 Å². The average molecular weight is 225 g/mol. The Kier molecular flexibility index (Phi) is 3.69. The summed E-state index contributed by atoms with van der Waals surface area (Å²) in [6.45, 7) is 7.41. The van der Waals surface area contributed by atoms with Crippen LogP contribution < -0.4 is 10.6 Å². The molecule has 0 radical (unpaired) electrons. The van der Waals surface area contributed by atoms with Crippen molar-refractivity contribution in [1.29, 1.82) is 0 Å². The first-order chi connectivity index (χ1) is 7.66. The van der Waals surface area contributed by atoms with Gasteiger partial charge in [0.2, 0.25) is 0 Å². The van der Waals surface area contributed by atoms with E-state index in [1.807, 2.05) is 4.90 Å². The monoisotopic (exact) mass is 225 g/mol. The van der Waals surface area contributed by atoms with Gasteiger partial charge in [0.15, 0.2) is 0 Å². The van der Waals surface area contributed by atoms with Gasteiger partial charge in [-0.05, 0) is 38.3 Å². The fourth-order valence-electron chi connectivity index (χ4n) is 2.76. The number of hydrogen-bond donors (Lipinski definition) is 2. The molecule has 2 N–H and O–H groups in total. The summed E-state index contributed by atoms with van der Waals surface area (Å²) in [4.78, 5) is 13.9. The molecule has 2 aliphatic heterocycles. The lowest BCUT2D eigenvalue weighted by molar-refractivity contribution is 0.181. The molecule has 0 aromatic heterocycles. The molecule has 1 atom stereocenters. The van der Waals surface area contributed by atoms with E-state index in [0.717, 1.165) is 38.9 Å². The second-order valence-electron chi connectivity index (χ2n) is 5.41. The van der Waals surface area contributed by atoms with Crippen LogP contribution in [0.2, 0.25) is 0 Å². The summed E-state index contributed by atoms with van der Waals surface area (Å²) in [6.07, 6.45) is 3.29. The first-order valence-electron chi connectivity index (χ1n) is 6.44. The number of nitrogens with one attached hydrogen (secondary N) is 2. The summed E-state index contributed by atoms with van der Waals surface area (Å²) >= 11 is 0. The second-order valence-corrected chi connectivity index (χ2v) is 5.41. The second kappa shape index (κ2) is 5.04. The Bertz CT molecular complexity index is 249. The lowest BCUT2D eigenvalue weighted by atomic mass is 10.0. The molecule has 2 saturated heterocycles. The predicted octanol–water partition coefficient (Wildman–Crippen LogP) is 1.18. The van der Waals surface area contributed by atoms with E-state index in [4.69, 9.17) is 0 Å². The van der Waals surface area contributed by atoms with Crippen LogP contribution in [-0.2, 0) is 0 Å². The van der Waals surface area contributed by atoms with Gasteiger partial charge in [-0.3, -0.25) is 0 Å². The minimum Gasteiger partial charge on any atom is -0.333 e. The zero-order valence-corrected chi connectivity index (χ0v) is 10.3. The largest absolute Gasteiger partial charge is 0.333 e. The van der Waals surface area contributed by atoms with Crippen molar-refractivity contribution in [1.82, 2.24) is 15.5 Å². The van der Waals surface area contributed by atoms with Crippen molar-refractivity contribution in [3.8, 4) is 0 Å². The number of piperidine rings is 1. The Morgan fingerprint density at radius 1 is 1.38 bits per heavy atom. The summed E-state index contributed by atoms with van der Waals surface area (Å²) in [5.74, 6) is 0.651. The molecule has 2 fully saturated rings. The average Bonchev–Trinajstić information content (AvgIpc) is 2.60. The molecule has 16 heavy (non-hydrogen) atoms. The molecule has 0 saturated carbocycles. The fraction of sp³-hybridized carbons (Fsp3) is 0.917. The molecule has 1 unspecified atom stereocenters. The van der Waals surface area contributed by atoms with Gasteiger partial charge >= 0.3 is 6.03 Å². The first-order valence-corrected chi connectivity index (χ1v) is 6.44. The van der Waals surface area contributed by atoms with Crippen LogP contribution in [-0.4, -0.2) is 42.6 Å². The van der Waals surface area contributed by atoms with Crippen molar-refractivity contribution in [3.05, 3.63) is 0 Å². The zero-order chi connectivity index (χ0) is 11.5. The standard InChI is InChI=1S/C12H23N3O/c1-9(2)7-10-8-15(12(16)14-10)11-3-5-13-6-4-11/h9-11,13H,3-8H2,1-2H3,(H,14,16). The third-order valence-electron chi connectivity index (χ3n) is 3.51. The molecule has 2 amide bonds. The topological polar surface area (TPSA) is 44.4 Å². The molecule has 4 nitrogen and oxygen atoms in total. The Hall–Kier alpha value is -0.770. The van der Waals surface area contributed by atoms with Gasteiger partial charge < -0.3 is 15.5 Å². The Balaban J connectivity index is 1.88. The number of hydrogen-bond acceptors (Lipinski definition) is 2. The van der Waals surface area contributed by atoms with Crippen molar-refractivity contribution in [2.45, 2.75) is 45.2 Å². The maximum Gasteiger partial charge on any atom is 0.317 e. The van der Waals surface area contributed by atoms with E-state index in [2.05, 4.69) is 24.5 Å². The van der Waals surface area contributed by atoms with E-state index < -0.39 is 0 Å². The Morgan fingerprint density at radius 3 is 2.69 bits per heavy atom. The van der Waals surface area contributed by atoms with Crippen LogP contribution in [0.15, 0.2) is 0 Å². The van der Waals surface area contributed by atoms with Gasteiger partial charge in [0, 0.05) is 18.6 Å². The Morgan fingerprint density at radius 2 is 2.06 bits per heavy atom. The highest BCUT2D eigenvalue weighted by molar-refractivity contribution is 5.77. The summed E-state index contributed by atoms with van der Waals surface area (Å²) < 4.78 is 0. The lowest BCUT2D eigenvalue weighted by Gasteiger charge is -2.30. The summed E-state index contributed by atoms with van der Waals surface area (Å²) in [7, 11) is 0. The molecule has 0 spiro atoms. The summed E-state index contributed by atoms with van der Waals surface area (Å²) in [5, 5.41) is 6.44. The maximum absolute atomic E-state index is 11.9. The molecule has 2 rings (SSSR count). The van der Waals surface area contributed by atoms with Gasteiger partial charge in [-0.15, -0.1) is 0 Å². The van der Waals surface area contributed by atoms with Gasteiger partial charge in [0.05, 0.1) is 0 Å². The van der Waals surface area contributed by atoms with E-state index in [1.54, 1.807) is 0 Å².